The second-order valence-corrected chi connectivity index (χ2v) is 8.99. The van der Waals surface area contributed by atoms with Gasteiger partial charge in [0, 0.05) is 42.6 Å². The fourth-order valence-electron chi connectivity index (χ4n) is 4.12. The Hall–Kier alpha value is -1.79. The summed E-state index contributed by atoms with van der Waals surface area (Å²) in [5.74, 6) is 0. The van der Waals surface area contributed by atoms with E-state index in [1.165, 1.54) is 0 Å². The summed E-state index contributed by atoms with van der Waals surface area (Å²) in [6, 6.07) is 9.83. The van der Waals surface area contributed by atoms with E-state index in [9.17, 15) is 8.42 Å². The molecule has 2 aliphatic rings. The normalized spacial score (nSPS) is 19.1. The van der Waals surface area contributed by atoms with Crippen LogP contribution >= 0.6 is 0 Å². The molecule has 26 heavy (non-hydrogen) atoms. The number of anilines is 2. The minimum absolute atomic E-state index is 0.469. The van der Waals surface area contributed by atoms with Crippen LogP contribution in [0.4, 0.5) is 11.4 Å². The maximum Gasteiger partial charge on any atom is 0.265 e. The highest BCUT2D eigenvalue weighted by Crippen LogP contribution is 2.45. The number of unbranched alkanes of at least 4 members (excludes halogenated alkanes) is 2. The summed E-state index contributed by atoms with van der Waals surface area (Å²) in [5.41, 5.74) is 2.00. The van der Waals surface area contributed by atoms with Gasteiger partial charge in [0.2, 0.25) is 0 Å². The lowest BCUT2D eigenvalue weighted by Crippen LogP contribution is -2.28. The van der Waals surface area contributed by atoms with Gasteiger partial charge in [-0.25, -0.2) is 8.42 Å². The summed E-state index contributed by atoms with van der Waals surface area (Å²) < 4.78 is 27.8. The van der Waals surface area contributed by atoms with Crippen LogP contribution in [0.15, 0.2) is 35.2 Å². The van der Waals surface area contributed by atoms with E-state index in [-0.39, 0.29) is 0 Å². The zero-order valence-electron chi connectivity index (χ0n) is 15.4. The van der Waals surface area contributed by atoms with Crippen LogP contribution in [0, 0.1) is 0 Å². The predicted octanol–water partition coefficient (Wildman–Crippen LogP) is 3.34. The van der Waals surface area contributed by atoms with Crippen LogP contribution < -0.4 is 14.5 Å². The molecule has 0 aromatic heterocycles. The van der Waals surface area contributed by atoms with Gasteiger partial charge in [0.05, 0.1) is 10.6 Å². The Balaban J connectivity index is 1.81. The predicted molar refractivity (Wildman–Crippen MR) is 108 cm³/mol. The molecule has 0 aliphatic carbocycles. The van der Waals surface area contributed by atoms with E-state index in [0.717, 1.165) is 74.0 Å². The van der Waals surface area contributed by atoms with Crippen molar-refractivity contribution in [2.24, 2.45) is 0 Å². The maximum atomic E-state index is 13.1. The van der Waals surface area contributed by atoms with Crippen molar-refractivity contribution >= 4 is 32.2 Å². The molecule has 0 spiro atoms. The van der Waals surface area contributed by atoms with Crippen molar-refractivity contribution in [3.8, 4) is 0 Å². The number of hydrogen-bond acceptors (Lipinski definition) is 4. The minimum Gasteiger partial charge on any atom is -0.370 e. The van der Waals surface area contributed by atoms with Crippen molar-refractivity contribution in [3.05, 3.63) is 30.3 Å². The largest absolute Gasteiger partial charge is 0.370 e. The van der Waals surface area contributed by atoms with Crippen molar-refractivity contribution in [3.63, 3.8) is 0 Å². The number of nitrogens with zero attached hydrogens (tertiary/aromatic N) is 2. The van der Waals surface area contributed by atoms with E-state index in [2.05, 4.69) is 29.3 Å². The van der Waals surface area contributed by atoms with Gasteiger partial charge in [-0.3, -0.25) is 4.31 Å². The highest BCUT2D eigenvalue weighted by molar-refractivity contribution is 7.93. The highest BCUT2D eigenvalue weighted by atomic mass is 32.2. The van der Waals surface area contributed by atoms with Crippen LogP contribution in [0.1, 0.15) is 32.6 Å². The average Bonchev–Trinajstić information content (AvgIpc) is 2.82. The van der Waals surface area contributed by atoms with Crippen molar-refractivity contribution in [1.82, 2.24) is 5.32 Å². The lowest BCUT2D eigenvalue weighted by atomic mass is 10.1. The number of benzene rings is 2. The molecular weight excluding hydrogens is 346 g/mol. The zero-order valence-corrected chi connectivity index (χ0v) is 16.2. The molecule has 0 bridgehead atoms. The van der Waals surface area contributed by atoms with Crippen LogP contribution in [0.2, 0.25) is 0 Å². The summed E-state index contributed by atoms with van der Waals surface area (Å²) in [7, 11) is -3.43. The van der Waals surface area contributed by atoms with Gasteiger partial charge in [-0.2, -0.15) is 0 Å². The van der Waals surface area contributed by atoms with Crippen molar-refractivity contribution in [1.29, 1.82) is 0 Å². The topological polar surface area (TPSA) is 52.6 Å². The first-order chi connectivity index (χ1) is 12.6. The molecule has 0 amide bonds. The second-order valence-electron chi connectivity index (χ2n) is 7.16. The second kappa shape index (κ2) is 7.08. The highest BCUT2D eigenvalue weighted by Gasteiger charge is 2.36. The molecule has 2 aromatic rings. The SMILES string of the molecule is CCCCCN1c2ccc(N3CCCNCC3)c3cccc(c23)S1(=O)=O. The molecule has 0 unspecified atom stereocenters. The fraction of sp³-hybridized carbons (Fsp3) is 0.500. The van der Waals surface area contributed by atoms with Crippen LogP contribution in [0.5, 0.6) is 0 Å². The Morgan fingerprint density at radius 3 is 2.73 bits per heavy atom. The minimum atomic E-state index is -3.43. The first-order valence-corrected chi connectivity index (χ1v) is 11.1. The molecule has 4 rings (SSSR count). The van der Waals surface area contributed by atoms with Gasteiger partial charge in [0.25, 0.3) is 10.0 Å². The van der Waals surface area contributed by atoms with Gasteiger partial charge in [-0.05, 0) is 37.6 Å². The lowest BCUT2D eigenvalue weighted by Gasteiger charge is -2.25. The number of rotatable bonds is 5. The molecule has 1 N–H and O–H groups in total. The smallest absolute Gasteiger partial charge is 0.265 e. The quantitative estimate of drug-likeness (QED) is 0.817. The van der Waals surface area contributed by atoms with E-state index < -0.39 is 10.0 Å². The molecule has 0 saturated carbocycles. The van der Waals surface area contributed by atoms with Gasteiger partial charge < -0.3 is 10.2 Å². The van der Waals surface area contributed by atoms with E-state index in [0.29, 0.717) is 11.4 Å². The zero-order chi connectivity index (χ0) is 18.1. The van der Waals surface area contributed by atoms with Crippen molar-refractivity contribution in [2.45, 2.75) is 37.5 Å². The van der Waals surface area contributed by atoms with E-state index in [4.69, 9.17) is 0 Å². The lowest BCUT2D eigenvalue weighted by molar-refractivity contribution is 0.590. The standard InChI is InChI=1S/C20H27N3O2S/c1-2-3-4-14-23-18-10-9-17(22-13-6-11-21-12-15-22)16-7-5-8-19(20(16)18)26(23,24)25/h5,7-10,21H,2-4,6,11-15H2,1H3. The maximum absolute atomic E-state index is 13.1. The Kier molecular flexibility index (Phi) is 4.80. The molecule has 2 aromatic carbocycles. The Morgan fingerprint density at radius 2 is 1.88 bits per heavy atom. The van der Waals surface area contributed by atoms with E-state index in [1.54, 1.807) is 10.4 Å². The summed E-state index contributed by atoms with van der Waals surface area (Å²) in [6.45, 7) is 6.65. The van der Waals surface area contributed by atoms with Gasteiger partial charge in [-0.1, -0.05) is 31.9 Å². The Labute approximate surface area is 156 Å². The fourth-order valence-corrected chi connectivity index (χ4v) is 5.86. The first-order valence-electron chi connectivity index (χ1n) is 9.68. The molecule has 2 heterocycles. The third-order valence-corrected chi connectivity index (χ3v) is 7.30. The molecule has 1 saturated heterocycles. The first kappa shape index (κ1) is 17.6. The van der Waals surface area contributed by atoms with E-state index in [1.807, 2.05) is 12.1 Å². The van der Waals surface area contributed by atoms with Crippen LogP contribution in [0.25, 0.3) is 10.8 Å². The molecule has 2 aliphatic heterocycles. The Bertz CT molecular complexity index is 903. The Morgan fingerprint density at radius 1 is 1.04 bits per heavy atom. The third-order valence-electron chi connectivity index (χ3n) is 5.44. The summed E-state index contributed by atoms with van der Waals surface area (Å²) in [6.07, 6.45) is 4.12. The summed E-state index contributed by atoms with van der Waals surface area (Å²) in [4.78, 5) is 2.85. The molecule has 1 fully saturated rings. The van der Waals surface area contributed by atoms with Crippen LogP contribution in [-0.2, 0) is 10.0 Å². The summed E-state index contributed by atoms with van der Waals surface area (Å²) >= 11 is 0. The molecule has 0 radical (unpaired) electrons. The monoisotopic (exact) mass is 373 g/mol. The number of nitrogens with one attached hydrogen (secondary N) is 1. The van der Waals surface area contributed by atoms with Gasteiger partial charge >= 0.3 is 0 Å². The third kappa shape index (κ3) is 2.85. The molecule has 140 valence electrons. The van der Waals surface area contributed by atoms with Gasteiger partial charge in [0.15, 0.2) is 0 Å². The van der Waals surface area contributed by atoms with Crippen LogP contribution in [-0.4, -0.2) is 41.1 Å². The number of sulfonamides is 1. The summed E-state index contributed by atoms with van der Waals surface area (Å²) in [5, 5.41) is 5.39. The van der Waals surface area contributed by atoms with Crippen LogP contribution in [0.3, 0.4) is 0 Å². The molecular formula is C20H27N3O2S. The molecule has 5 nitrogen and oxygen atoms in total. The van der Waals surface area contributed by atoms with Gasteiger partial charge in [-0.15, -0.1) is 0 Å². The van der Waals surface area contributed by atoms with Crippen molar-refractivity contribution < 1.29 is 8.42 Å². The molecule has 0 atom stereocenters. The van der Waals surface area contributed by atoms with Gasteiger partial charge in [0.1, 0.15) is 0 Å². The van der Waals surface area contributed by atoms with E-state index >= 15 is 0 Å². The molecule has 6 heteroatoms. The van der Waals surface area contributed by atoms with Crippen molar-refractivity contribution in [2.75, 3.05) is 41.9 Å². The average molecular weight is 374 g/mol. The number of hydrogen-bond donors (Lipinski definition) is 1.